The summed E-state index contributed by atoms with van der Waals surface area (Å²) in [6, 6.07) is 60.9. The maximum absolute atomic E-state index is 4.35. The summed E-state index contributed by atoms with van der Waals surface area (Å²) in [7, 11) is 0. The van der Waals surface area contributed by atoms with Crippen molar-refractivity contribution in [2.24, 2.45) is 0 Å². The van der Waals surface area contributed by atoms with Gasteiger partial charge < -0.3 is 0 Å². The van der Waals surface area contributed by atoms with Crippen molar-refractivity contribution in [2.75, 3.05) is 0 Å². The molecule has 50 heavy (non-hydrogen) atoms. The van der Waals surface area contributed by atoms with Crippen LogP contribution in [0.3, 0.4) is 0 Å². The van der Waals surface area contributed by atoms with Gasteiger partial charge in [-0.25, -0.2) is 0 Å². The summed E-state index contributed by atoms with van der Waals surface area (Å²) in [5.74, 6) is 0. The van der Waals surface area contributed by atoms with E-state index in [-0.39, 0.29) is 0 Å². The molecule has 0 saturated carbocycles. The second kappa shape index (κ2) is 10.5. The monoisotopic (exact) mass is 631 g/mol. The molecule has 0 radical (unpaired) electrons. The number of rotatable bonds is 4. The molecular weight excluding hydrogens is 603 g/mol. The highest BCUT2D eigenvalue weighted by Gasteiger charge is 2.15. The van der Waals surface area contributed by atoms with E-state index in [1.54, 1.807) is 0 Å². The minimum Gasteiger partial charge on any atom is -0.264 e. The van der Waals surface area contributed by atoms with Crippen molar-refractivity contribution < 1.29 is 0 Å². The molecule has 11 rings (SSSR count). The van der Waals surface area contributed by atoms with Crippen molar-refractivity contribution in [1.82, 2.24) is 4.98 Å². The molecule has 0 aliphatic heterocycles. The Morgan fingerprint density at radius 3 is 0.960 bits per heavy atom. The molecule has 0 aliphatic carbocycles. The number of pyridine rings is 1. The summed E-state index contributed by atoms with van der Waals surface area (Å²) in [6.07, 6.45) is 3.77. The molecular formula is C49H29N. The zero-order valence-corrected chi connectivity index (χ0v) is 27.2. The van der Waals surface area contributed by atoms with Crippen LogP contribution in [0.25, 0.3) is 109 Å². The van der Waals surface area contributed by atoms with Crippen molar-refractivity contribution in [3.8, 4) is 44.5 Å². The van der Waals surface area contributed by atoms with Gasteiger partial charge >= 0.3 is 0 Å². The van der Waals surface area contributed by atoms with Gasteiger partial charge in [-0.05, 0) is 164 Å². The number of nitrogens with zero attached hydrogens (tertiary/aromatic N) is 1. The SMILES string of the molecule is c1ccc(-c2cc3ccc4cc(-c5cccc(-c6cc7ccc8cc(-c9cccnc9)cc9ccc(c6)c7c89)c5)cc5ccc(c2)c3c45)cc1. The Labute approximate surface area is 289 Å². The number of hydrogen-bond donors (Lipinski definition) is 0. The second-order valence-corrected chi connectivity index (χ2v) is 13.6. The summed E-state index contributed by atoms with van der Waals surface area (Å²) >= 11 is 0. The van der Waals surface area contributed by atoms with Gasteiger partial charge in [0.15, 0.2) is 0 Å². The highest BCUT2D eigenvalue weighted by Crippen LogP contribution is 2.42. The first-order valence-electron chi connectivity index (χ1n) is 17.3. The van der Waals surface area contributed by atoms with Crippen LogP contribution in [0.4, 0.5) is 0 Å². The van der Waals surface area contributed by atoms with E-state index >= 15 is 0 Å². The summed E-state index contributed by atoms with van der Waals surface area (Å²) < 4.78 is 0. The zero-order valence-electron chi connectivity index (χ0n) is 27.2. The van der Waals surface area contributed by atoms with Crippen LogP contribution in [0.15, 0.2) is 176 Å². The van der Waals surface area contributed by atoms with Crippen LogP contribution in [-0.2, 0) is 0 Å². The fourth-order valence-electron chi connectivity index (χ4n) is 8.38. The Balaban J connectivity index is 1.01. The van der Waals surface area contributed by atoms with Crippen molar-refractivity contribution >= 4 is 64.6 Å². The molecule has 10 aromatic carbocycles. The van der Waals surface area contributed by atoms with Crippen LogP contribution in [0.1, 0.15) is 0 Å². The lowest BCUT2D eigenvalue weighted by Crippen LogP contribution is -1.89. The molecule has 1 heteroatoms. The van der Waals surface area contributed by atoms with E-state index in [1.165, 1.54) is 104 Å². The van der Waals surface area contributed by atoms with Crippen molar-refractivity contribution in [2.45, 2.75) is 0 Å². The molecule has 1 aromatic heterocycles. The van der Waals surface area contributed by atoms with Crippen LogP contribution >= 0.6 is 0 Å². The molecule has 0 aliphatic rings. The first-order chi connectivity index (χ1) is 24.7. The molecule has 0 spiro atoms. The molecule has 0 N–H and O–H groups in total. The average molecular weight is 632 g/mol. The molecule has 1 nitrogen and oxygen atoms in total. The van der Waals surface area contributed by atoms with Crippen molar-refractivity contribution in [1.29, 1.82) is 0 Å². The maximum atomic E-state index is 4.35. The minimum atomic E-state index is 1.14. The first-order valence-corrected chi connectivity index (χ1v) is 17.3. The van der Waals surface area contributed by atoms with Gasteiger partial charge in [0.2, 0.25) is 0 Å². The van der Waals surface area contributed by atoms with Gasteiger partial charge in [-0.15, -0.1) is 0 Å². The quantitative estimate of drug-likeness (QED) is 0.176. The van der Waals surface area contributed by atoms with Gasteiger partial charge in [-0.1, -0.05) is 103 Å². The third-order valence-corrected chi connectivity index (χ3v) is 10.7. The van der Waals surface area contributed by atoms with Gasteiger partial charge in [0, 0.05) is 18.0 Å². The topological polar surface area (TPSA) is 12.9 Å². The number of hydrogen-bond acceptors (Lipinski definition) is 1. The molecule has 0 unspecified atom stereocenters. The third kappa shape index (κ3) is 4.17. The predicted molar refractivity (Wildman–Crippen MR) is 213 cm³/mol. The lowest BCUT2D eigenvalue weighted by Gasteiger charge is -2.16. The molecule has 0 atom stereocenters. The standard InChI is InChI=1S/C49H29N/c1-2-6-30(7-3-1)42-21-33-11-13-35-23-43(24-36-14-12-34(22-42)46(33)47(35)36)31-8-4-9-32(20-31)44-25-37-15-17-39-27-45(41-10-5-19-50-29-41)28-40-18-16-38(26-44)48(37)49(39)40/h1-29H. The summed E-state index contributed by atoms with van der Waals surface area (Å²) in [6.45, 7) is 0. The first kappa shape index (κ1) is 27.4. The van der Waals surface area contributed by atoms with Gasteiger partial charge in [0.05, 0.1) is 0 Å². The highest BCUT2D eigenvalue weighted by atomic mass is 14.6. The van der Waals surface area contributed by atoms with E-state index in [0.29, 0.717) is 0 Å². The van der Waals surface area contributed by atoms with Gasteiger partial charge in [-0.2, -0.15) is 0 Å². The van der Waals surface area contributed by atoms with E-state index in [0.717, 1.165) is 5.56 Å². The highest BCUT2D eigenvalue weighted by molar-refractivity contribution is 6.26. The second-order valence-electron chi connectivity index (χ2n) is 13.6. The van der Waals surface area contributed by atoms with E-state index in [2.05, 4.69) is 163 Å². The van der Waals surface area contributed by atoms with Gasteiger partial charge in [0.25, 0.3) is 0 Å². The largest absolute Gasteiger partial charge is 0.264 e. The van der Waals surface area contributed by atoms with Gasteiger partial charge in [0.1, 0.15) is 0 Å². The lowest BCUT2D eigenvalue weighted by atomic mass is 9.88. The summed E-state index contributed by atoms with van der Waals surface area (Å²) in [5, 5.41) is 15.6. The molecule has 230 valence electrons. The van der Waals surface area contributed by atoms with Gasteiger partial charge in [-0.3, -0.25) is 4.98 Å². The third-order valence-electron chi connectivity index (χ3n) is 10.7. The number of benzene rings is 10. The van der Waals surface area contributed by atoms with E-state index in [9.17, 15) is 0 Å². The molecule has 0 saturated heterocycles. The fourth-order valence-corrected chi connectivity index (χ4v) is 8.38. The van der Waals surface area contributed by atoms with E-state index in [1.807, 2.05) is 18.5 Å². The van der Waals surface area contributed by atoms with Crippen LogP contribution < -0.4 is 0 Å². The van der Waals surface area contributed by atoms with Crippen molar-refractivity contribution in [3.63, 3.8) is 0 Å². The van der Waals surface area contributed by atoms with Crippen LogP contribution in [0, 0.1) is 0 Å². The Morgan fingerprint density at radius 2 is 0.580 bits per heavy atom. The van der Waals surface area contributed by atoms with Crippen molar-refractivity contribution in [3.05, 3.63) is 176 Å². The van der Waals surface area contributed by atoms with E-state index < -0.39 is 0 Å². The average Bonchev–Trinajstić information content (AvgIpc) is 3.19. The Bertz CT molecular complexity index is 2730. The van der Waals surface area contributed by atoms with Crippen LogP contribution in [0.2, 0.25) is 0 Å². The molecule has 0 bridgehead atoms. The molecule has 1 heterocycles. The normalized spacial score (nSPS) is 12.0. The summed E-state index contributed by atoms with van der Waals surface area (Å²) in [4.78, 5) is 4.35. The molecule has 0 fully saturated rings. The smallest absolute Gasteiger partial charge is 0.0346 e. The predicted octanol–water partition coefficient (Wildman–Crippen LogP) is 13.5. The summed E-state index contributed by atoms with van der Waals surface area (Å²) in [5.41, 5.74) is 9.78. The Morgan fingerprint density at radius 1 is 0.240 bits per heavy atom. The molecule has 0 amide bonds. The Hall–Kier alpha value is -6.57. The van der Waals surface area contributed by atoms with E-state index in [4.69, 9.17) is 0 Å². The minimum absolute atomic E-state index is 1.14. The van der Waals surface area contributed by atoms with Crippen LogP contribution in [0.5, 0.6) is 0 Å². The maximum Gasteiger partial charge on any atom is 0.0346 e. The lowest BCUT2D eigenvalue weighted by molar-refractivity contribution is 1.33. The Kier molecular flexibility index (Phi) is 5.73. The fraction of sp³-hybridized carbons (Fsp3) is 0. The molecule has 11 aromatic rings. The van der Waals surface area contributed by atoms with Crippen LogP contribution in [-0.4, -0.2) is 4.98 Å². The zero-order chi connectivity index (χ0) is 32.8. The number of aromatic nitrogens is 1.